The quantitative estimate of drug-likeness (QED) is 0.803. The molecule has 3 N–H and O–H groups in total. The van der Waals surface area contributed by atoms with Crippen LogP contribution in [-0.4, -0.2) is 24.1 Å². The van der Waals surface area contributed by atoms with E-state index in [1.54, 1.807) is 17.0 Å². The van der Waals surface area contributed by atoms with Gasteiger partial charge < -0.3 is 15.7 Å². The first-order valence-corrected chi connectivity index (χ1v) is 5.86. The van der Waals surface area contributed by atoms with Gasteiger partial charge in [-0.05, 0) is 23.6 Å². The van der Waals surface area contributed by atoms with Crippen molar-refractivity contribution in [3.8, 4) is 0 Å². The van der Waals surface area contributed by atoms with Crippen molar-refractivity contribution >= 4 is 11.6 Å². The van der Waals surface area contributed by atoms with Crippen molar-refractivity contribution < 1.29 is 14.3 Å². The summed E-state index contributed by atoms with van der Waals surface area (Å²) in [6.07, 6.45) is 0. The van der Waals surface area contributed by atoms with Crippen LogP contribution in [0, 0.1) is 11.7 Å². The molecule has 0 aromatic heterocycles. The number of halogens is 1. The van der Waals surface area contributed by atoms with Crippen LogP contribution >= 0.6 is 0 Å². The average Bonchev–Trinajstić information content (AvgIpc) is 2.26. The molecule has 1 rings (SSSR count). The van der Waals surface area contributed by atoms with Crippen LogP contribution in [0.2, 0.25) is 0 Å². The molecule has 0 saturated heterocycles. The molecule has 4 nitrogen and oxygen atoms in total. The van der Waals surface area contributed by atoms with Crippen molar-refractivity contribution in [2.75, 3.05) is 18.0 Å². The van der Waals surface area contributed by atoms with Crippen LogP contribution < -0.4 is 10.6 Å². The number of hydrogen-bond donors (Lipinski definition) is 2. The minimum absolute atomic E-state index is 0.0203. The number of carbonyl (C=O) groups excluding carboxylic acids is 1. The SMILES string of the molecule is CC(C)CN(CC(N)=O)c1ccc(CO)cc1F. The molecule has 1 aromatic carbocycles. The number of nitrogens with zero attached hydrogens (tertiary/aromatic N) is 1. The number of aliphatic hydroxyl groups is 1. The van der Waals surface area contributed by atoms with Crippen LogP contribution in [0.15, 0.2) is 18.2 Å². The Morgan fingerprint density at radius 2 is 2.17 bits per heavy atom. The second-order valence-electron chi connectivity index (χ2n) is 4.68. The molecule has 0 saturated carbocycles. The lowest BCUT2D eigenvalue weighted by atomic mass is 10.1. The van der Waals surface area contributed by atoms with Crippen molar-refractivity contribution in [2.45, 2.75) is 20.5 Å². The van der Waals surface area contributed by atoms with E-state index in [1.807, 2.05) is 13.8 Å². The van der Waals surface area contributed by atoms with Gasteiger partial charge in [-0.3, -0.25) is 4.79 Å². The fourth-order valence-corrected chi connectivity index (χ4v) is 1.78. The van der Waals surface area contributed by atoms with Gasteiger partial charge in [-0.1, -0.05) is 19.9 Å². The number of carbonyl (C=O) groups is 1. The van der Waals surface area contributed by atoms with E-state index in [9.17, 15) is 9.18 Å². The smallest absolute Gasteiger partial charge is 0.236 e. The Balaban J connectivity index is 3.00. The Kier molecular flexibility index (Phi) is 5.09. The number of rotatable bonds is 6. The number of amides is 1. The van der Waals surface area contributed by atoms with Crippen LogP contribution in [-0.2, 0) is 11.4 Å². The van der Waals surface area contributed by atoms with Gasteiger partial charge in [-0.25, -0.2) is 4.39 Å². The van der Waals surface area contributed by atoms with Gasteiger partial charge in [0.2, 0.25) is 5.91 Å². The zero-order valence-electron chi connectivity index (χ0n) is 10.7. The van der Waals surface area contributed by atoms with Gasteiger partial charge in [0.15, 0.2) is 0 Å². The molecule has 0 unspecified atom stereocenters. The molecule has 0 heterocycles. The summed E-state index contributed by atoms with van der Waals surface area (Å²) in [5.74, 6) is -0.675. The van der Waals surface area contributed by atoms with E-state index >= 15 is 0 Å². The zero-order valence-corrected chi connectivity index (χ0v) is 10.7. The maximum atomic E-state index is 13.9. The van der Waals surface area contributed by atoms with Crippen molar-refractivity contribution in [3.05, 3.63) is 29.6 Å². The van der Waals surface area contributed by atoms with Gasteiger partial charge in [0, 0.05) is 6.54 Å². The zero-order chi connectivity index (χ0) is 13.7. The number of anilines is 1. The van der Waals surface area contributed by atoms with Gasteiger partial charge in [0.25, 0.3) is 0 Å². The Morgan fingerprint density at radius 3 is 2.61 bits per heavy atom. The molecule has 18 heavy (non-hydrogen) atoms. The highest BCUT2D eigenvalue weighted by Gasteiger charge is 2.15. The van der Waals surface area contributed by atoms with Crippen molar-refractivity contribution in [1.29, 1.82) is 0 Å². The van der Waals surface area contributed by atoms with E-state index in [1.165, 1.54) is 6.07 Å². The van der Waals surface area contributed by atoms with Gasteiger partial charge >= 0.3 is 0 Å². The summed E-state index contributed by atoms with van der Waals surface area (Å²) in [5, 5.41) is 8.93. The molecule has 0 radical (unpaired) electrons. The monoisotopic (exact) mass is 254 g/mol. The van der Waals surface area contributed by atoms with Gasteiger partial charge in [-0.2, -0.15) is 0 Å². The summed E-state index contributed by atoms with van der Waals surface area (Å²) in [6, 6.07) is 4.46. The number of aliphatic hydroxyl groups excluding tert-OH is 1. The lowest BCUT2D eigenvalue weighted by molar-refractivity contribution is -0.116. The van der Waals surface area contributed by atoms with Crippen LogP contribution in [0.5, 0.6) is 0 Å². The minimum atomic E-state index is -0.499. The molecule has 0 bridgehead atoms. The predicted molar refractivity (Wildman–Crippen MR) is 68.6 cm³/mol. The maximum Gasteiger partial charge on any atom is 0.236 e. The molecule has 0 aliphatic heterocycles. The predicted octanol–water partition coefficient (Wildman–Crippen LogP) is 1.27. The normalized spacial score (nSPS) is 10.7. The highest BCUT2D eigenvalue weighted by atomic mass is 19.1. The molecule has 0 fully saturated rings. The number of nitrogens with two attached hydrogens (primary N) is 1. The molecule has 0 aliphatic carbocycles. The third-order valence-electron chi connectivity index (χ3n) is 2.47. The summed E-state index contributed by atoms with van der Waals surface area (Å²) in [7, 11) is 0. The first kappa shape index (κ1) is 14.4. The minimum Gasteiger partial charge on any atom is -0.392 e. The van der Waals surface area contributed by atoms with Crippen LogP contribution in [0.4, 0.5) is 10.1 Å². The molecule has 0 atom stereocenters. The summed E-state index contributed by atoms with van der Waals surface area (Å²) in [5.41, 5.74) is 6.00. The highest BCUT2D eigenvalue weighted by molar-refractivity contribution is 5.79. The summed E-state index contributed by atoms with van der Waals surface area (Å²) in [6.45, 7) is 4.27. The fraction of sp³-hybridized carbons (Fsp3) is 0.462. The average molecular weight is 254 g/mol. The summed E-state index contributed by atoms with van der Waals surface area (Å²) in [4.78, 5) is 12.6. The highest BCUT2D eigenvalue weighted by Crippen LogP contribution is 2.21. The van der Waals surface area contributed by atoms with E-state index < -0.39 is 11.7 Å². The number of primary amides is 1. The molecular weight excluding hydrogens is 235 g/mol. The molecule has 1 aromatic rings. The van der Waals surface area contributed by atoms with Crippen molar-refractivity contribution in [3.63, 3.8) is 0 Å². The van der Waals surface area contributed by atoms with E-state index in [4.69, 9.17) is 10.8 Å². The van der Waals surface area contributed by atoms with Crippen LogP contribution in [0.1, 0.15) is 19.4 Å². The lowest BCUT2D eigenvalue weighted by Gasteiger charge is -2.25. The van der Waals surface area contributed by atoms with Crippen molar-refractivity contribution in [1.82, 2.24) is 0 Å². The molecule has 0 aliphatic rings. The van der Waals surface area contributed by atoms with Gasteiger partial charge in [-0.15, -0.1) is 0 Å². The third-order valence-corrected chi connectivity index (χ3v) is 2.47. The molecule has 0 spiro atoms. The second kappa shape index (κ2) is 6.35. The fourth-order valence-electron chi connectivity index (χ4n) is 1.78. The van der Waals surface area contributed by atoms with Crippen molar-refractivity contribution in [2.24, 2.45) is 11.7 Å². The molecular formula is C13H19FN2O2. The van der Waals surface area contributed by atoms with Gasteiger partial charge in [0.1, 0.15) is 5.82 Å². The Hall–Kier alpha value is -1.62. The largest absolute Gasteiger partial charge is 0.392 e. The molecule has 5 heteroatoms. The lowest BCUT2D eigenvalue weighted by Crippen LogP contribution is -2.36. The van der Waals surface area contributed by atoms with E-state index in [0.717, 1.165) is 0 Å². The molecule has 100 valence electrons. The third kappa shape index (κ3) is 4.00. The van der Waals surface area contributed by atoms with E-state index in [-0.39, 0.29) is 19.1 Å². The molecule has 1 amide bonds. The Bertz CT molecular complexity index is 421. The van der Waals surface area contributed by atoms with E-state index in [0.29, 0.717) is 17.8 Å². The first-order chi connectivity index (χ1) is 8.43. The number of hydrogen-bond acceptors (Lipinski definition) is 3. The standard InChI is InChI=1S/C13H19FN2O2/c1-9(2)6-16(7-13(15)18)12-4-3-10(8-17)5-11(12)14/h3-5,9,17H,6-8H2,1-2H3,(H2,15,18). The summed E-state index contributed by atoms with van der Waals surface area (Å²) >= 11 is 0. The maximum absolute atomic E-state index is 13.9. The Labute approximate surface area is 106 Å². The second-order valence-corrected chi connectivity index (χ2v) is 4.68. The van der Waals surface area contributed by atoms with Crippen LogP contribution in [0.3, 0.4) is 0 Å². The van der Waals surface area contributed by atoms with Gasteiger partial charge in [0.05, 0.1) is 18.8 Å². The number of benzene rings is 1. The summed E-state index contributed by atoms with van der Waals surface area (Å²) < 4.78 is 13.9. The Morgan fingerprint density at radius 1 is 1.50 bits per heavy atom. The van der Waals surface area contributed by atoms with Crippen LogP contribution in [0.25, 0.3) is 0 Å². The first-order valence-electron chi connectivity index (χ1n) is 5.86. The topological polar surface area (TPSA) is 66.6 Å². The van der Waals surface area contributed by atoms with E-state index in [2.05, 4.69) is 0 Å².